The summed E-state index contributed by atoms with van der Waals surface area (Å²) in [7, 11) is 0. The Bertz CT molecular complexity index is 199. The third kappa shape index (κ3) is 22.4. The lowest BCUT2D eigenvalue weighted by Gasteiger charge is -1.83. The van der Waals surface area contributed by atoms with Crippen molar-refractivity contribution in [3.63, 3.8) is 0 Å². The van der Waals surface area contributed by atoms with E-state index in [2.05, 4.69) is 0 Å². The lowest BCUT2D eigenvalue weighted by molar-refractivity contribution is 1.49. The van der Waals surface area contributed by atoms with E-state index in [1.54, 1.807) is 6.07 Å². The highest BCUT2D eigenvalue weighted by Crippen LogP contribution is 1.95. The Labute approximate surface area is 88.4 Å². The maximum Gasteiger partial charge on any atom is 0.0587 e. The molecule has 0 aliphatic carbocycles. The minimum Gasteiger partial charge on any atom is -0.399 e. The summed E-state index contributed by atoms with van der Waals surface area (Å²) in [4.78, 5) is 0. The van der Waals surface area contributed by atoms with E-state index in [0.717, 1.165) is 5.69 Å². The van der Waals surface area contributed by atoms with E-state index in [-0.39, 0.29) is 0 Å². The van der Waals surface area contributed by atoms with E-state index in [0.29, 0.717) is 0 Å². The Kier molecular flexibility index (Phi) is 29.5. The van der Waals surface area contributed by atoms with Gasteiger partial charge in [-0.3, -0.25) is 0 Å². The van der Waals surface area contributed by atoms with Crippen LogP contribution in [0.1, 0.15) is 34.6 Å². The van der Waals surface area contributed by atoms with Crippen molar-refractivity contribution in [3.8, 4) is 6.07 Å². The highest BCUT2D eigenvalue weighted by molar-refractivity contribution is 5.35. The lowest BCUT2D eigenvalue weighted by Crippen LogP contribution is -1.79. The molecule has 0 aromatic heterocycles. The first-order chi connectivity index (χ1) is 6.81. The van der Waals surface area contributed by atoms with Crippen LogP contribution in [0.25, 0.3) is 0 Å². The van der Waals surface area contributed by atoms with E-state index in [1.807, 2.05) is 58.0 Å². The highest BCUT2D eigenvalue weighted by atomic mass is 14.5. The SMILES string of the molecule is CC.CC.CC#N.Nc1ccccc1. The van der Waals surface area contributed by atoms with Crippen LogP contribution in [0.5, 0.6) is 0 Å². The average Bonchev–Trinajstić information content (AvgIpc) is 2.26. The minimum absolute atomic E-state index is 0.822. The molecule has 2 N–H and O–H groups in total. The molecule has 0 radical (unpaired) electrons. The molecule has 0 saturated carbocycles. The fourth-order valence-electron chi connectivity index (χ4n) is 0.453. The molecule has 2 heteroatoms. The molecule has 1 aromatic rings. The van der Waals surface area contributed by atoms with Gasteiger partial charge in [0.15, 0.2) is 0 Å². The number of para-hydroxylation sites is 1. The Morgan fingerprint density at radius 1 is 1.00 bits per heavy atom. The molecular weight excluding hydrogens is 172 g/mol. The Morgan fingerprint density at radius 3 is 1.43 bits per heavy atom. The van der Waals surface area contributed by atoms with Gasteiger partial charge in [0.25, 0.3) is 0 Å². The van der Waals surface area contributed by atoms with E-state index in [1.165, 1.54) is 6.92 Å². The molecule has 0 aliphatic rings. The summed E-state index contributed by atoms with van der Waals surface area (Å²) >= 11 is 0. The molecule has 0 fully saturated rings. The van der Waals surface area contributed by atoms with Crippen LogP contribution in [0, 0.1) is 11.3 Å². The van der Waals surface area contributed by atoms with Gasteiger partial charge in [-0.2, -0.15) is 5.26 Å². The van der Waals surface area contributed by atoms with Gasteiger partial charge in [-0.05, 0) is 12.1 Å². The number of rotatable bonds is 0. The number of hydrogen-bond donors (Lipinski definition) is 1. The lowest BCUT2D eigenvalue weighted by atomic mass is 10.3. The molecule has 80 valence electrons. The molecule has 1 rings (SSSR count). The summed E-state index contributed by atoms with van der Waals surface area (Å²) in [5, 5.41) is 7.32. The number of nitrogens with two attached hydrogens (primary N) is 1. The van der Waals surface area contributed by atoms with Crippen molar-refractivity contribution < 1.29 is 0 Å². The van der Waals surface area contributed by atoms with Crippen LogP contribution < -0.4 is 5.73 Å². The van der Waals surface area contributed by atoms with E-state index < -0.39 is 0 Å². The second kappa shape index (κ2) is 22.5. The van der Waals surface area contributed by atoms with Crippen molar-refractivity contribution in [2.24, 2.45) is 0 Å². The third-order valence-electron chi connectivity index (χ3n) is 0.800. The van der Waals surface area contributed by atoms with Crippen LogP contribution in [0.4, 0.5) is 5.69 Å². The Hall–Kier alpha value is -1.49. The number of nitriles is 1. The van der Waals surface area contributed by atoms with Crippen LogP contribution in [-0.4, -0.2) is 0 Å². The van der Waals surface area contributed by atoms with Gasteiger partial charge in [-0.1, -0.05) is 45.9 Å². The fourth-order valence-corrected chi connectivity index (χ4v) is 0.453. The Balaban J connectivity index is -0.000000148. The molecule has 1 aromatic carbocycles. The molecule has 0 aliphatic heterocycles. The summed E-state index contributed by atoms with van der Waals surface area (Å²) < 4.78 is 0. The Morgan fingerprint density at radius 2 is 1.29 bits per heavy atom. The van der Waals surface area contributed by atoms with Crippen LogP contribution in [0.15, 0.2) is 30.3 Å². The van der Waals surface area contributed by atoms with Crippen molar-refractivity contribution in [1.82, 2.24) is 0 Å². The molecule has 14 heavy (non-hydrogen) atoms. The van der Waals surface area contributed by atoms with Crippen molar-refractivity contribution >= 4 is 5.69 Å². The summed E-state index contributed by atoms with van der Waals surface area (Å²) in [6.45, 7) is 9.43. The van der Waals surface area contributed by atoms with Gasteiger partial charge in [0.2, 0.25) is 0 Å². The predicted octanol–water partition coefficient (Wildman–Crippen LogP) is 3.85. The van der Waals surface area contributed by atoms with Gasteiger partial charge < -0.3 is 5.73 Å². The van der Waals surface area contributed by atoms with E-state index >= 15 is 0 Å². The van der Waals surface area contributed by atoms with Crippen LogP contribution in [0.2, 0.25) is 0 Å². The number of nitrogens with zero attached hydrogens (tertiary/aromatic N) is 1. The number of anilines is 1. The van der Waals surface area contributed by atoms with E-state index in [4.69, 9.17) is 11.0 Å². The van der Waals surface area contributed by atoms with Gasteiger partial charge >= 0.3 is 0 Å². The second-order valence-electron chi connectivity index (χ2n) is 1.63. The standard InChI is InChI=1S/C6H7N.C2H3N.2C2H6/c7-6-4-2-1-3-5-6;1-2-3;2*1-2/h1-5H,7H2;1H3;2*1-2H3. The van der Waals surface area contributed by atoms with Crippen molar-refractivity contribution in [2.75, 3.05) is 5.73 Å². The van der Waals surface area contributed by atoms with Crippen LogP contribution >= 0.6 is 0 Å². The maximum atomic E-state index is 7.32. The first kappa shape index (κ1) is 18.3. The molecular formula is C12H22N2. The second-order valence-corrected chi connectivity index (χ2v) is 1.63. The summed E-state index contributed by atoms with van der Waals surface area (Å²) in [6, 6.07) is 11.2. The van der Waals surface area contributed by atoms with Gasteiger partial charge in [-0.15, -0.1) is 0 Å². The zero-order chi connectivity index (χ0) is 11.8. The van der Waals surface area contributed by atoms with E-state index in [9.17, 15) is 0 Å². The van der Waals surface area contributed by atoms with Crippen LogP contribution in [0.3, 0.4) is 0 Å². The largest absolute Gasteiger partial charge is 0.399 e. The van der Waals surface area contributed by atoms with Gasteiger partial charge in [0.1, 0.15) is 0 Å². The molecule has 0 unspecified atom stereocenters. The molecule has 0 saturated heterocycles. The maximum absolute atomic E-state index is 7.32. The summed E-state index contributed by atoms with van der Waals surface area (Å²) in [5.41, 5.74) is 6.18. The normalized spacial score (nSPS) is 5.71. The molecule has 2 nitrogen and oxygen atoms in total. The molecule has 0 atom stereocenters. The first-order valence-corrected chi connectivity index (χ1v) is 4.92. The van der Waals surface area contributed by atoms with Crippen molar-refractivity contribution in [2.45, 2.75) is 34.6 Å². The molecule has 0 heterocycles. The first-order valence-electron chi connectivity index (χ1n) is 4.92. The van der Waals surface area contributed by atoms with Crippen LogP contribution in [-0.2, 0) is 0 Å². The van der Waals surface area contributed by atoms with Crippen molar-refractivity contribution in [3.05, 3.63) is 30.3 Å². The smallest absolute Gasteiger partial charge is 0.0587 e. The van der Waals surface area contributed by atoms with Crippen molar-refractivity contribution in [1.29, 1.82) is 5.26 Å². The highest BCUT2D eigenvalue weighted by Gasteiger charge is 1.72. The van der Waals surface area contributed by atoms with Gasteiger partial charge in [0.05, 0.1) is 6.07 Å². The monoisotopic (exact) mass is 194 g/mol. The fraction of sp³-hybridized carbons (Fsp3) is 0.417. The summed E-state index contributed by atoms with van der Waals surface area (Å²) in [6.07, 6.45) is 0. The third-order valence-corrected chi connectivity index (χ3v) is 0.800. The van der Waals surface area contributed by atoms with Gasteiger partial charge in [0, 0.05) is 12.6 Å². The molecule has 0 spiro atoms. The number of nitrogen functional groups attached to an aromatic ring is 1. The summed E-state index contributed by atoms with van der Waals surface area (Å²) in [5.74, 6) is 0. The minimum atomic E-state index is 0.822. The predicted molar refractivity (Wildman–Crippen MR) is 64.8 cm³/mol. The topological polar surface area (TPSA) is 49.8 Å². The molecule has 0 amide bonds. The zero-order valence-corrected chi connectivity index (χ0v) is 9.91. The number of hydrogen-bond acceptors (Lipinski definition) is 2. The molecule has 0 bridgehead atoms. The number of benzene rings is 1. The zero-order valence-electron chi connectivity index (χ0n) is 9.91. The quantitative estimate of drug-likeness (QED) is 0.638. The van der Waals surface area contributed by atoms with Gasteiger partial charge in [-0.25, -0.2) is 0 Å². The average molecular weight is 194 g/mol.